The van der Waals surface area contributed by atoms with Crippen molar-refractivity contribution in [3.05, 3.63) is 0 Å². The highest BCUT2D eigenvalue weighted by Crippen LogP contribution is 2.05. The zero-order chi connectivity index (χ0) is 25.2. The van der Waals surface area contributed by atoms with Gasteiger partial charge in [0, 0.05) is 0 Å². The van der Waals surface area contributed by atoms with Crippen LogP contribution < -0.4 is 21.7 Å². The highest BCUT2D eigenvalue weighted by Gasteiger charge is 2.33. The van der Waals surface area contributed by atoms with Gasteiger partial charge >= 0.3 is 23.9 Å². The van der Waals surface area contributed by atoms with Crippen LogP contribution in [-0.4, -0.2) is 86.2 Å². The Bertz CT molecular complexity index is 768. The molecule has 15 nitrogen and oxygen atoms in total. The molecule has 0 spiro atoms. The fourth-order valence-electron chi connectivity index (χ4n) is 2.37. The van der Waals surface area contributed by atoms with Gasteiger partial charge in [-0.05, 0) is 5.92 Å². The van der Waals surface area contributed by atoms with Gasteiger partial charge in [0.25, 0.3) is 0 Å². The maximum atomic E-state index is 12.5. The molecule has 0 aromatic heterocycles. The first-order valence-corrected chi connectivity index (χ1v) is 9.20. The van der Waals surface area contributed by atoms with Crippen LogP contribution in [0.25, 0.3) is 0 Å². The lowest BCUT2D eigenvalue weighted by atomic mass is 10.0. The largest absolute Gasteiger partial charge is 0.481 e. The fraction of sp³-hybridized carbons (Fsp3) is 0.588. The van der Waals surface area contributed by atoms with Gasteiger partial charge < -0.3 is 42.1 Å². The summed E-state index contributed by atoms with van der Waals surface area (Å²) in [6.07, 6.45) is -2.79. The number of nitrogens with one attached hydrogen (secondary N) is 3. The number of rotatable bonds is 14. The Hall–Kier alpha value is -3.75. The number of carboxylic acid groups (broad SMARTS) is 4. The highest BCUT2D eigenvalue weighted by atomic mass is 16.4. The van der Waals surface area contributed by atoms with Crippen LogP contribution in [0.4, 0.5) is 0 Å². The predicted molar refractivity (Wildman–Crippen MR) is 103 cm³/mol. The molecule has 0 radical (unpaired) electrons. The molecule has 3 amide bonds. The highest BCUT2D eigenvalue weighted by molar-refractivity contribution is 5.97. The first-order chi connectivity index (χ1) is 14.6. The zero-order valence-electron chi connectivity index (χ0n) is 17.2. The van der Waals surface area contributed by atoms with E-state index in [2.05, 4.69) is 5.32 Å². The minimum absolute atomic E-state index is 0.590. The number of carbonyl (C=O) groups is 7. The van der Waals surface area contributed by atoms with Gasteiger partial charge in [0.05, 0.1) is 25.3 Å². The lowest BCUT2D eigenvalue weighted by molar-refractivity contribution is -0.145. The van der Waals surface area contributed by atoms with Gasteiger partial charge in [-0.15, -0.1) is 0 Å². The Morgan fingerprint density at radius 1 is 0.656 bits per heavy atom. The number of hydrogen-bond donors (Lipinski definition) is 8. The molecule has 0 aromatic rings. The summed E-state index contributed by atoms with van der Waals surface area (Å²) in [5.41, 5.74) is 5.35. The van der Waals surface area contributed by atoms with Crippen LogP contribution in [-0.2, 0) is 33.6 Å². The quantitative estimate of drug-likeness (QED) is 0.128. The molecule has 0 rings (SSSR count). The molecule has 4 atom stereocenters. The number of nitrogens with two attached hydrogens (primary N) is 1. The SMILES string of the molecule is CC(C)C(NC(=O)C(CC(=O)O)NC(=O)C(CC(=O)O)NC(=O)C(N)CC(=O)O)C(=O)O. The zero-order valence-corrected chi connectivity index (χ0v) is 17.2. The van der Waals surface area contributed by atoms with Crippen molar-refractivity contribution in [2.45, 2.75) is 57.3 Å². The first-order valence-electron chi connectivity index (χ1n) is 9.20. The summed E-state index contributed by atoms with van der Waals surface area (Å²) in [7, 11) is 0. The van der Waals surface area contributed by atoms with Crippen molar-refractivity contribution in [1.82, 2.24) is 16.0 Å². The normalized spacial score (nSPS) is 14.4. The molecule has 0 saturated heterocycles. The minimum atomic E-state index is -1.83. The number of amides is 3. The Labute approximate surface area is 181 Å². The molecule has 0 aliphatic rings. The Kier molecular flexibility index (Phi) is 11.3. The van der Waals surface area contributed by atoms with Crippen molar-refractivity contribution in [3.63, 3.8) is 0 Å². The van der Waals surface area contributed by atoms with E-state index in [9.17, 15) is 33.6 Å². The van der Waals surface area contributed by atoms with E-state index >= 15 is 0 Å². The second kappa shape index (κ2) is 12.8. The van der Waals surface area contributed by atoms with E-state index in [1.54, 1.807) is 0 Å². The van der Waals surface area contributed by atoms with Crippen LogP contribution in [0.3, 0.4) is 0 Å². The molecule has 180 valence electrons. The van der Waals surface area contributed by atoms with Gasteiger partial charge in [-0.1, -0.05) is 13.8 Å². The van der Waals surface area contributed by atoms with Crippen molar-refractivity contribution in [2.24, 2.45) is 11.7 Å². The molecule has 0 aliphatic heterocycles. The molecule has 0 fully saturated rings. The lowest BCUT2D eigenvalue weighted by Crippen LogP contribution is -2.58. The van der Waals surface area contributed by atoms with Crippen LogP contribution in [0.15, 0.2) is 0 Å². The van der Waals surface area contributed by atoms with Crippen molar-refractivity contribution < 1.29 is 54.0 Å². The maximum absolute atomic E-state index is 12.5. The molecule has 0 heterocycles. The molecular weight excluding hydrogens is 436 g/mol. The van der Waals surface area contributed by atoms with Gasteiger partial charge in [0.15, 0.2) is 0 Å². The number of aliphatic carboxylic acids is 4. The van der Waals surface area contributed by atoms with Gasteiger partial charge in [-0.2, -0.15) is 0 Å². The molecule has 0 aromatic carbocycles. The van der Waals surface area contributed by atoms with E-state index in [0.29, 0.717) is 0 Å². The third-order valence-electron chi connectivity index (χ3n) is 3.99. The predicted octanol–water partition coefficient (Wildman–Crippen LogP) is -3.07. The standard InChI is InChI=1S/C17H26N4O11/c1-6(2)13(17(31)32)21-16(30)9(5-12(26)27)20-15(29)8(4-11(24)25)19-14(28)7(18)3-10(22)23/h6-9,13H,3-5,18H2,1-2H3,(H,19,28)(H,20,29)(H,21,30)(H,22,23)(H,24,25)(H,26,27)(H,31,32). The monoisotopic (exact) mass is 462 g/mol. The van der Waals surface area contributed by atoms with Crippen LogP contribution in [0.5, 0.6) is 0 Å². The van der Waals surface area contributed by atoms with Crippen LogP contribution in [0.2, 0.25) is 0 Å². The van der Waals surface area contributed by atoms with E-state index in [0.717, 1.165) is 0 Å². The topological polar surface area (TPSA) is 263 Å². The molecule has 4 unspecified atom stereocenters. The Morgan fingerprint density at radius 2 is 1.03 bits per heavy atom. The van der Waals surface area contributed by atoms with Gasteiger partial charge in [-0.25, -0.2) is 4.79 Å². The van der Waals surface area contributed by atoms with Crippen molar-refractivity contribution in [2.75, 3.05) is 0 Å². The summed E-state index contributed by atoms with van der Waals surface area (Å²) in [4.78, 5) is 80.8. The van der Waals surface area contributed by atoms with Crippen LogP contribution in [0, 0.1) is 5.92 Å². The minimum Gasteiger partial charge on any atom is -0.481 e. The lowest BCUT2D eigenvalue weighted by Gasteiger charge is -2.24. The second-order valence-electron chi connectivity index (χ2n) is 7.09. The molecule has 9 N–H and O–H groups in total. The summed E-state index contributed by atoms with van der Waals surface area (Å²) in [5, 5.41) is 41.8. The van der Waals surface area contributed by atoms with Crippen molar-refractivity contribution in [3.8, 4) is 0 Å². The van der Waals surface area contributed by atoms with Crippen molar-refractivity contribution >= 4 is 41.6 Å². The van der Waals surface area contributed by atoms with E-state index in [1.165, 1.54) is 13.8 Å². The average molecular weight is 462 g/mol. The van der Waals surface area contributed by atoms with Gasteiger partial charge in [0.1, 0.15) is 18.1 Å². The summed E-state index contributed by atoms with van der Waals surface area (Å²) >= 11 is 0. The number of carbonyl (C=O) groups excluding carboxylic acids is 3. The smallest absolute Gasteiger partial charge is 0.326 e. The Morgan fingerprint density at radius 3 is 1.38 bits per heavy atom. The van der Waals surface area contributed by atoms with Crippen LogP contribution in [0.1, 0.15) is 33.1 Å². The van der Waals surface area contributed by atoms with E-state index in [1.807, 2.05) is 10.6 Å². The molecule has 0 bridgehead atoms. The molecule has 0 saturated carbocycles. The van der Waals surface area contributed by atoms with Gasteiger partial charge in [-0.3, -0.25) is 28.8 Å². The average Bonchev–Trinajstić information content (AvgIpc) is 2.62. The van der Waals surface area contributed by atoms with E-state index < -0.39 is 90.9 Å². The first kappa shape index (κ1) is 28.2. The maximum Gasteiger partial charge on any atom is 0.326 e. The summed E-state index contributed by atoms with van der Waals surface area (Å²) < 4.78 is 0. The summed E-state index contributed by atoms with van der Waals surface area (Å²) in [6.45, 7) is 2.95. The van der Waals surface area contributed by atoms with Crippen molar-refractivity contribution in [1.29, 1.82) is 0 Å². The molecule has 15 heteroatoms. The second-order valence-corrected chi connectivity index (χ2v) is 7.09. The van der Waals surface area contributed by atoms with E-state index in [4.69, 9.17) is 26.2 Å². The summed E-state index contributed by atoms with van der Waals surface area (Å²) in [5.74, 6) is -10.1. The fourth-order valence-corrected chi connectivity index (χ4v) is 2.37. The van der Waals surface area contributed by atoms with E-state index in [-0.39, 0.29) is 0 Å². The number of carboxylic acids is 4. The Balaban J connectivity index is 5.56. The molecule has 0 aliphatic carbocycles. The summed E-state index contributed by atoms with van der Waals surface area (Å²) in [6, 6.07) is -6.65. The molecule has 32 heavy (non-hydrogen) atoms. The third kappa shape index (κ3) is 10.3. The number of hydrogen-bond acceptors (Lipinski definition) is 8. The molecular formula is C17H26N4O11. The van der Waals surface area contributed by atoms with Gasteiger partial charge in [0.2, 0.25) is 17.7 Å². The third-order valence-corrected chi connectivity index (χ3v) is 3.99. The van der Waals surface area contributed by atoms with Crippen LogP contribution >= 0.6 is 0 Å².